The zero-order valence-electron chi connectivity index (χ0n) is 19.7. The number of rotatable bonds is 6. The van der Waals surface area contributed by atoms with Crippen molar-refractivity contribution in [1.29, 1.82) is 0 Å². The molecule has 0 fully saturated rings. The molecule has 8 nitrogen and oxygen atoms in total. The van der Waals surface area contributed by atoms with Gasteiger partial charge in [-0.05, 0) is 36.8 Å². The van der Waals surface area contributed by atoms with Gasteiger partial charge in [0.25, 0.3) is 11.4 Å². The summed E-state index contributed by atoms with van der Waals surface area (Å²) in [6.45, 7) is 2.00. The number of non-ortho nitro benzene ring substituents is 2. The first-order valence-corrected chi connectivity index (χ1v) is 12.3. The second-order valence-electron chi connectivity index (χ2n) is 8.43. The summed E-state index contributed by atoms with van der Waals surface area (Å²) < 4.78 is 6.47. The highest BCUT2D eigenvalue weighted by Crippen LogP contribution is 2.49. The molecule has 4 aromatic carbocycles. The summed E-state index contributed by atoms with van der Waals surface area (Å²) in [5, 5.41) is 25.8. The van der Waals surface area contributed by atoms with E-state index in [4.69, 9.17) is 4.74 Å². The SMILES string of the molecule is Cc1ccc(C2=C(Oc3ccc([N+](=O)[O-])cc3)C(c3cccc([N+](=O)[O-])c3)Sc3ccccc3N2)cc1. The Labute approximate surface area is 216 Å². The van der Waals surface area contributed by atoms with Crippen LogP contribution < -0.4 is 10.1 Å². The summed E-state index contributed by atoms with van der Waals surface area (Å²) in [7, 11) is 0. The average molecular weight is 512 g/mol. The molecule has 184 valence electrons. The lowest BCUT2D eigenvalue weighted by Crippen LogP contribution is -2.11. The van der Waals surface area contributed by atoms with E-state index in [0.29, 0.717) is 22.8 Å². The number of ether oxygens (including phenoxy) is 1. The van der Waals surface area contributed by atoms with Crippen molar-refractivity contribution < 1.29 is 14.6 Å². The van der Waals surface area contributed by atoms with Crippen molar-refractivity contribution in [2.75, 3.05) is 5.32 Å². The lowest BCUT2D eigenvalue weighted by Gasteiger charge is -2.22. The van der Waals surface area contributed by atoms with Crippen molar-refractivity contribution >= 4 is 34.5 Å². The quantitative estimate of drug-likeness (QED) is 0.211. The predicted octanol–water partition coefficient (Wildman–Crippen LogP) is 7.52. The largest absolute Gasteiger partial charge is 0.458 e. The Bertz CT molecular complexity index is 1520. The van der Waals surface area contributed by atoms with Crippen LogP contribution in [0.15, 0.2) is 108 Å². The molecule has 1 atom stereocenters. The van der Waals surface area contributed by atoms with Gasteiger partial charge in [-0.15, -0.1) is 11.8 Å². The Morgan fingerprint density at radius 1 is 0.811 bits per heavy atom. The number of para-hydroxylation sites is 1. The molecule has 1 N–H and O–H groups in total. The maximum absolute atomic E-state index is 11.6. The number of hydrogen-bond donors (Lipinski definition) is 1. The summed E-state index contributed by atoms with van der Waals surface area (Å²) in [5.74, 6) is 0.938. The monoisotopic (exact) mass is 511 g/mol. The molecule has 1 heterocycles. The van der Waals surface area contributed by atoms with E-state index in [2.05, 4.69) is 5.32 Å². The molecule has 5 rings (SSSR count). The number of fused-ring (bicyclic) bond motifs is 1. The highest BCUT2D eigenvalue weighted by Gasteiger charge is 2.30. The Kier molecular flexibility index (Phi) is 6.61. The lowest BCUT2D eigenvalue weighted by molar-refractivity contribution is -0.385. The maximum Gasteiger partial charge on any atom is 0.269 e. The fourth-order valence-corrected chi connectivity index (χ4v) is 5.22. The third-order valence-corrected chi connectivity index (χ3v) is 7.21. The van der Waals surface area contributed by atoms with Gasteiger partial charge in [-0.1, -0.05) is 54.1 Å². The van der Waals surface area contributed by atoms with Gasteiger partial charge in [-0.25, -0.2) is 0 Å². The van der Waals surface area contributed by atoms with E-state index in [1.54, 1.807) is 24.3 Å². The number of anilines is 1. The van der Waals surface area contributed by atoms with Crippen LogP contribution in [-0.4, -0.2) is 9.85 Å². The minimum atomic E-state index is -0.466. The summed E-state index contributed by atoms with van der Waals surface area (Å²) in [5.41, 5.74) is 4.18. The molecule has 9 heteroatoms. The van der Waals surface area contributed by atoms with Gasteiger partial charge in [-0.2, -0.15) is 0 Å². The summed E-state index contributed by atoms with van der Waals surface area (Å²) in [6, 6.07) is 28.2. The van der Waals surface area contributed by atoms with Gasteiger partial charge in [0.1, 0.15) is 11.5 Å². The third-order valence-electron chi connectivity index (χ3n) is 5.88. The minimum Gasteiger partial charge on any atom is -0.458 e. The summed E-state index contributed by atoms with van der Waals surface area (Å²) in [6.07, 6.45) is 0. The second-order valence-corrected chi connectivity index (χ2v) is 9.58. The first kappa shape index (κ1) is 24.1. The molecule has 0 spiro atoms. The van der Waals surface area contributed by atoms with Crippen LogP contribution in [0.2, 0.25) is 0 Å². The Morgan fingerprint density at radius 3 is 2.22 bits per heavy atom. The van der Waals surface area contributed by atoms with Crippen molar-refractivity contribution in [3.63, 3.8) is 0 Å². The number of nitro groups is 2. The van der Waals surface area contributed by atoms with Crippen molar-refractivity contribution in [3.05, 3.63) is 140 Å². The topological polar surface area (TPSA) is 108 Å². The van der Waals surface area contributed by atoms with Crippen LogP contribution in [-0.2, 0) is 0 Å². The van der Waals surface area contributed by atoms with Crippen molar-refractivity contribution in [3.8, 4) is 5.75 Å². The van der Waals surface area contributed by atoms with Gasteiger partial charge in [-0.3, -0.25) is 20.2 Å². The number of benzene rings is 4. The molecule has 0 saturated carbocycles. The fourth-order valence-electron chi connectivity index (χ4n) is 4.00. The van der Waals surface area contributed by atoms with E-state index in [0.717, 1.165) is 21.7 Å². The van der Waals surface area contributed by atoms with Crippen molar-refractivity contribution in [2.24, 2.45) is 0 Å². The number of hydrogen-bond acceptors (Lipinski definition) is 7. The van der Waals surface area contributed by atoms with Crippen LogP contribution in [0.3, 0.4) is 0 Å². The molecule has 0 saturated heterocycles. The zero-order valence-corrected chi connectivity index (χ0v) is 20.5. The Morgan fingerprint density at radius 2 is 1.51 bits per heavy atom. The molecule has 1 aliphatic heterocycles. The number of nitrogens with one attached hydrogen (secondary N) is 1. The minimum absolute atomic E-state index is 0.0184. The number of aryl methyl sites for hydroxylation is 1. The van der Waals surface area contributed by atoms with Crippen LogP contribution >= 0.6 is 11.8 Å². The van der Waals surface area contributed by atoms with Crippen LogP contribution in [0, 0.1) is 27.2 Å². The number of thioether (sulfide) groups is 1. The predicted molar refractivity (Wildman–Crippen MR) is 144 cm³/mol. The van der Waals surface area contributed by atoms with Gasteiger partial charge in [0.15, 0.2) is 0 Å². The highest BCUT2D eigenvalue weighted by atomic mass is 32.2. The fraction of sp³-hybridized carbons (Fsp3) is 0.0714. The van der Waals surface area contributed by atoms with Crippen LogP contribution in [0.1, 0.15) is 21.9 Å². The molecule has 0 aromatic heterocycles. The van der Waals surface area contributed by atoms with Crippen molar-refractivity contribution in [1.82, 2.24) is 0 Å². The van der Waals surface area contributed by atoms with Crippen LogP contribution in [0.5, 0.6) is 5.75 Å². The van der Waals surface area contributed by atoms with Crippen LogP contribution in [0.25, 0.3) is 5.70 Å². The molecule has 4 aromatic rings. The normalized spacial score (nSPS) is 14.8. The van der Waals surface area contributed by atoms with Gasteiger partial charge in [0.05, 0.1) is 26.5 Å². The van der Waals surface area contributed by atoms with E-state index in [9.17, 15) is 20.2 Å². The number of nitro benzene ring substituents is 2. The zero-order chi connectivity index (χ0) is 25.9. The molecule has 1 unspecified atom stereocenters. The maximum atomic E-state index is 11.6. The van der Waals surface area contributed by atoms with Crippen molar-refractivity contribution in [2.45, 2.75) is 17.1 Å². The van der Waals surface area contributed by atoms with Gasteiger partial charge in [0, 0.05) is 34.7 Å². The number of nitrogens with zero attached hydrogens (tertiary/aromatic N) is 2. The van der Waals surface area contributed by atoms with Gasteiger partial charge in [0.2, 0.25) is 0 Å². The van der Waals surface area contributed by atoms with E-state index in [1.807, 2.05) is 61.5 Å². The van der Waals surface area contributed by atoms with E-state index in [-0.39, 0.29) is 11.4 Å². The summed E-state index contributed by atoms with van der Waals surface area (Å²) >= 11 is 1.51. The Hall–Kier alpha value is -4.63. The first-order valence-electron chi connectivity index (χ1n) is 11.4. The van der Waals surface area contributed by atoms with Gasteiger partial charge >= 0.3 is 0 Å². The second kappa shape index (κ2) is 10.2. The highest BCUT2D eigenvalue weighted by molar-refractivity contribution is 8.00. The van der Waals surface area contributed by atoms with E-state index in [1.165, 1.54) is 30.0 Å². The van der Waals surface area contributed by atoms with Gasteiger partial charge < -0.3 is 10.1 Å². The molecule has 0 aliphatic carbocycles. The molecule has 1 aliphatic rings. The molecule has 0 amide bonds. The molecular weight excluding hydrogens is 490 g/mol. The van der Waals surface area contributed by atoms with Crippen LogP contribution in [0.4, 0.5) is 17.1 Å². The third kappa shape index (κ3) is 5.17. The summed E-state index contributed by atoms with van der Waals surface area (Å²) in [4.78, 5) is 22.8. The van der Waals surface area contributed by atoms with E-state index >= 15 is 0 Å². The molecular formula is C28H21N3O5S. The average Bonchev–Trinajstić information content (AvgIpc) is 3.07. The smallest absolute Gasteiger partial charge is 0.269 e. The lowest BCUT2D eigenvalue weighted by atomic mass is 10.0. The Balaban J connectivity index is 1.72. The molecule has 0 radical (unpaired) electrons. The first-order chi connectivity index (χ1) is 17.9. The standard InChI is InChI=1S/C28H21N3O5S/c1-18-9-11-19(12-10-18)26-27(36-23-15-13-21(14-16-23)30(32)33)28(20-5-4-6-22(17-20)31(34)35)37-25-8-3-2-7-24(25)29-26/h2-17,28-29H,1H3. The molecule has 0 bridgehead atoms. The van der Waals surface area contributed by atoms with E-state index < -0.39 is 15.1 Å². The molecule has 37 heavy (non-hydrogen) atoms.